The van der Waals surface area contributed by atoms with Crippen LogP contribution < -0.4 is 5.32 Å². The summed E-state index contributed by atoms with van der Waals surface area (Å²) in [5, 5.41) is 21.2. The number of benzene rings is 1. The van der Waals surface area contributed by atoms with Crippen molar-refractivity contribution in [2.45, 2.75) is 38.2 Å². The third-order valence-electron chi connectivity index (χ3n) is 4.46. The van der Waals surface area contributed by atoms with Gasteiger partial charge in [0, 0.05) is 12.9 Å². The normalized spacial score (nSPS) is 17.5. The van der Waals surface area contributed by atoms with Crippen LogP contribution in [0.4, 0.5) is 4.79 Å². The number of hydrogen-bond acceptors (Lipinski definition) is 5. The molecule has 0 saturated carbocycles. The zero-order valence-electron chi connectivity index (χ0n) is 14.9. The molecule has 0 bridgehead atoms. The topological polar surface area (TPSA) is 99.1 Å². The predicted octanol–water partition coefficient (Wildman–Crippen LogP) is 1.41. The van der Waals surface area contributed by atoms with Gasteiger partial charge in [0.15, 0.2) is 0 Å². The molecule has 1 aromatic carbocycles. The summed E-state index contributed by atoms with van der Waals surface area (Å²) < 4.78 is 5.27. The SMILES string of the molecule is C=CC(=O)N1CCC[C@@H]1COC(=O)N[C@H](CB(O)O)c1ccc(C)cc1. The molecule has 0 radical (unpaired) electrons. The van der Waals surface area contributed by atoms with Gasteiger partial charge in [-0.05, 0) is 31.4 Å². The molecule has 1 fully saturated rings. The number of carbonyl (C=O) groups excluding carboxylic acids is 2. The Morgan fingerprint density at radius 3 is 2.73 bits per heavy atom. The Morgan fingerprint density at radius 1 is 1.42 bits per heavy atom. The molecular formula is C18H25BN2O5. The molecule has 1 heterocycles. The fraction of sp³-hybridized carbons (Fsp3) is 0.444. The van der Waals surface area contributed by atoms with E-state index in [0.29, 0.717) is 6.54 Å². The summed E-state index contributed by atoms with van der Waals surface area (Å²) in [4.78, 5) is 25.6. The summed E-state index contributed by atoms with van der Waals surface area (Å²) in [6, 6.07) is 6.67. The van der Waals surface area contributed by atoms with Gasteiger partial charge in [0.1, 0.15) is 6.61 Å². The van der Waals surface area contributed by atoms with E-state index in [9.17, 15) is 19.6 Å². The van der Waals surface area contributed by atoms with Crippen molar-refractivity contribution < 1.29 is 24.4 Å². The Labute approximate surface area is 153 Å². The number of alkyl carbamates (subject to hydrolysis) is 1. The maximum atomic E-state index is 12.2. The second-order valence-corrected chi connectivity index (χ2v) is 6.45. The lowest BCUT2D eigenvalue weighted by molar-refractivity contribution is -0.127. The van der Waals surface area contributed by atoms with E-state index in [-0.39, 0.29) is 24.9 Å². The zero-order chi connectivity index (χ0) is 19.1. The van der Waals surface area contributed by atoms with Crippen LogP contribution in [0.1, 0.15) is 30.0 Å². The third-order valence-corrected chi connectivity index (χ3v) is 4.46. The molecule has 0 spiro atoms. The fourth-order valence-electron chi connectivity index (χ4n) is 3.06. The molecule has 2 amide bonds. The molecule has 26 heavy (non-hydrogen) atoms. The number of likely N-dealkylation sites (tertiary alicyclic amines) is 1. The maximum absolute atomic E-state index is 12.2. The Balaban J connectivity index is 1.93. The van der Waals surface area contributed by atoms with Crippen molar-refractivity contribution in [2.75, 3.05) is 13.2 Å². The summed E-state index contributed by atoms with van der Waals surface area (Å²) in [7, 11) is -1.56. The number of carbonyl (C=O) groups is 2. The number of rotatable bonds is 7. The average molecular weight is 360 g/mol. The first-order chi connectivity index (χ1) is 12.4. The largest absolute Gasteiger partial charge is 0.453 e. The Morgan fingerprint density at radius 2 is 2.12 bits per heavy atom. The van der Waals surface area contributed by atoms with Crippen LogP contribution in [-0.4, -0.2) is 53.3 Å². The van der Waals surface area contributed by atoms with Crippen LogP contribution in [-0.2, 0) is 9.53 Å². The van der Waals surface area contributed by atoms with Gasteiger partial charge in [-0.1, -0.05) is 36.4 Å². The Bertz CT molecular complexity index is 635. The number of nitrogens with zero attached hydrogens (tertiary/aromatic N) is 1. The molecule has 2 atom stereocenters. The van der Waals surface area contributed by atoms with Gasteiger partial charge < -0.3 is 25.0 Å². The van der Waals surface area contributed by atoms with Crippen LogP contribution in [0.3, 0.4) is 0 Å². The maximum Gasteiger partial charge on any atom is 0.453 e. The van der Waals surface area contributed by atoms with Gasteiger partial charge in [-0.3, -0.25) is 4.79 Å². The monoisotopic (exact) mass is 360 g/mol. The Kier molecular flexibility index (Phi) is 7.23. The van der Waals surface area contributed by atoms with Crippen molar-refractivity contribution in [1.29, 1.82) is 0 Å². The third kappa shape index (κ3) is 5.61. The van der Waals surface area contributed by atoms with E-state index in [1.54, 1.807) is 4.90 Å². The van der Waals surface area contributed by atoms with Crippen molar-refractivity contribution >= 4 is 19.1 Å². The number of nitrogens with one attached hydrogen (secondary N) is 1. The molecule has 0 aromatic heterocycles. The first-order valence-electron chi connectivity index (χ1n) is 8.69. The molecule has 7 nitrogen and oxygen atoms in total. The molecule has 0 unspecified atom stereocenters. The number of hydrogen-bond donors (Lipinski definition) is 3. The lowest BCUT2D eigenvalue weighted by Crippen LogP contribution is -2.39. The van der Waals surface area contributed by atoms with Gasteiger partial charge in [-0.2, -0.15) is 0 Å². The van der Waals surface area contributed by atoms with Crippen LogP contribution in [0.25, 0.3) is 0 Å². The van der Waals surface area contributed by atoms with Gasteiger partial charge in [0.25, 0.3) is 0 Å². The minimum Gasteiger partial charge on any atom is -0.447 e. The van der Waals surface area contributed by atoms with E-state index in [1.807, 2.05) is 31.2 Å². The molecule has 1 saturated heterocycles. The molecule has 1 aliphatic heterocycles. The minimum atomic E-state index is -1.56. The second-order valence-electron chi connectivity index (χ2n) is 6.45. The summed E-state index contributed by atoms with van der Waals surface area (Å²) in [6.45, 7) is 6.15. The number of ether oxygens (including phenoxy) is 1. The van der Waals surface area contributed by atoms with Gasteiger partial charge in [-0.15, -0.1) is 0 Å². The van der Waals surface area contributed by atoms with Crippen molar-refractivity contribution in [1.82, 2.24) is 10.2 Å². The predicted molar refractivity (Wildman–Crippen MR) is 98.3 cm³/mol. The summed E-state index contributed by atoms with van der Waals surface area (Å²) in [6.07, 6.45) is 2.17. The highest BCUT2D eigenvalue weighted by Gasteiger charge is 2.29. The van der Waals surface area contributed by atoms with Crippen LogP contribution in [0.2, 0.25) is 6.32 Å². The molecule has 0 aliphatic carbocycles. The lowest BCUT2D eigenvalue weighted by Gasteiger charge is -2.24. The minimum absolute atomic E-state index is 0.0529. The fourth-order valence-corrected chi connectivity index (χ4v) is 3.06. The molecule has 8 heteroatoms. The zero-order valence-corrected chi connectivity index (χ0v) is 14.9. The lowest BCUT2D eigenvalue weighted by atomic mass is 9.79. The van der Waals surface area contributed by atoms with Crippen molar-refractivity contribution in [3.8, 4) is 0 Å². The van der Waals surface area contributed by atoms with Gasteiger partial charge in [0.2, 0.25) is 5.91 Å². The first-order valence-corrected chi connectivity index (χ1v) is 8.69. The van der Waals surface area contributed by atoms with Gasteiger partial charge >= 0.3 is 13.2 Å². The van der Waals surface area contributed by atoms with Gasteiger partial charge in [0.05, 0.1) is 12.1 Å². The smallest absolute Gasteiger partial charge is 0.447 e. The van der Waals surface area contributed by atoms with E-state index in [0.717, 1.165) is 24.0 Å². The van der Waals surface area contributed by atoms with Crippen LogP contribution >= 0.6 is 0 Å². The standard InChI is InChI=1S/C18H25BN2O5/c1-3-17(22)21-10-4-5-15(21)12-26-18(23)20-16(11-19(24)25)14-8-6-13(2)7-9-14/h3,6-9,15-16,24-25H,1,4-5,10-12H2,2H3,(H,20,23)/t15-,16-/m1/s1. The van der Waals surface area contributed by atoms with Crippen LogP contribution in [0.15, 0.2) is 36.9 Å². The highest BCUT2D eigenvalue weighted by molar-refractivity contribution is 6.41. The molecule has 140 valence electrons. The number of amides is 2. The van der Waals surface area contributed by atoms with Crippen LogP contribution in [0, 0.1) is 6.92 Å². The second kappa shape index (κ2) is 9.40. The van der Waals surface area contributed by atoms with Crippen molar-refractivity contribution in [2.24, 2.45) is 0 Å². The highest BCUT2D eigenvalue weighted by atomic mass is 16.5. The van der Waals surface area contributed by atoms with Crippen LogP contribution in [0.5, 0.6) is 0 Å². The summed E-state index contributed by atoms with van der Waals surface area (Å²) in [5.41, 5.74) is 1.82. The van der Waals surface area contributed by atoms with Crippen molar-refractivity contribution in [3.63, 3.8) is 0 Å². The molecule has 1 aromatic rings. The average Bonchev–Trinajstić information content (AvgIpc) is 3.07. The summed E-state index contributed by atoms with van der Waals surface area (Å²) in [5.74, 6) is -0.169. The van der Waals surface area contributed by atoms with Gasteiger partial charge in [-0.25, -0.2) is 4.79 Å². The van der Waals surface area contributed by atoms with E-state index in [4.69, 9.17) is 4.74 Å². The Hall–Kier alpha value is -2.32. The molecule has 3 N–H and O–H groups in total. The quantitative estimate of drug-likeness (QED) is 0.504. The van der Waals surface area contributed by atoms with E-state index < -0.39 is 19.3 Å². The van der Waals surface area contributed by atoms with E-state index in [2.05, 4.69) is 11.9 Å². The summed E-state index contributed by atoms with van der Waals surface area (Å²) >= 11 is 0. The first kappa shape index (κ1) is 20.0. The van der Waals surface area contributed by atoms with E-state index in [1.165, 1.54) is 6.08 Å². The van der Waals surface area contributed by atoms with Crippen molar-refractivity contribution in [3.05, 3.63) is 48.0 Å². The highest BCUT2D eigenvalue weighted by Crippen LogP contribution is 2.20. The molecule has 2 rings (SSSR count). The number of aryl methyl sites for hydroxylation is 1. The molecule has 1 aliphatic rings. The molecular weight excluding hydrogens is 335 g/mol. The van der Waals surface area contributed by atoms with E-state index >= 15 is 0 Å².